The minimum atomic E-state index is 0.226. The summed E-state index contributed by atoms with van der Waals surface area (Å²) < 4.78 is 10.5. The molecule has 0 atom stereocenters. The first-order chi connectivity index (χ1) is 12.3. The first-order valence-electron chi connectivity index (χ1n) is 8.82. The van der Waals surface area contributed by atoms with Crippen molar-refractivity contribution in [2.45, 2.75) is 26.0 Å². The number of piperazine rings is 1. The lowest BCUT2D eigenvalue weighted by Crippen LogP contribution is -2.48. The zero-order valence-electron chi connectivity index (χ0n) is 14.5. The third-order valence-electron chi connectivity index (χ3n) is 4.39. The molecule has 0 unspecified atom stereocenters. The third-order valence-corrected chi connectivity index (χ3v) is 4.39. The largest absolute Gasteiger partial charge is 0.377 e. The number of aromatic nitrogens is 1. The van der Waals surface area contributed by atoms with Crippen molar-refractivity contribution in [2.75, 3.05) is 32.8 Å². The van der Waals surface area contributed by atoms with Crippen molar-refractivity contribution in [2.24, 2.45) is 0 Å². The lowest BCUT2D eigenvalue weighted by atomic mass is 10.2. The van der Waals surface area contributed by atoms with Crippen LogP contribution in [0.3, 0.4) is 0 Å². The minimum absolute atomic E-state index is 0.226. The van der Waals surface area contributed by atoms with E-state index in [-0.39, 0.29) is 5.91 Å². The van der Waals surface area contributed by atoms with Crippen LogP contribution in [-0.4, -0.2) is 53.6 Å². The Kier molecular flexibility index (Phi) is 6.59. The Bertz CT molecular complexity index is 623. The van der Waals surface area contributed by atoms with Gasteiger partial charge >= 0.3 is 0 Å². The summed E-state index contributed by atoms with van der Waals surface area (Å²) in [5.41, 5.74) is 2.10. The number of ether oxygens (including phenoxy) is 1. The predicted octanol–water partition coefficient (Wildman–Crippen LogP) is 2.32. The van der Waals surface area contributed by atoms with Crippen LogP contribution in [0.2, 0.25) is 0 Å². The number of nitrogens with zero attached hydrogens (tertiary/aromatic N) is 3. The van der Waals surface area contributed by atoms with E-state index < -0.39 is 0 Å². The van der Waals surface area contributed by atoms with Gasteiger partial charge in [-0.1, -0.05) is 35.5 Å². The summed E-state index contributed by atoms with van der Waals surface area (Å²) in [7, 11) is 0. The Morgan fingerprint density at radius 2 is 1.92 bits per heavy atom. The van der Waals surface area contributed by atoms with Crippen LogP contribution in [0.15, 0.2) is 47.2 Å². The second kappa shape index (κ2) is 9.34. The maximum absolute atomic E-state index is 12.3. The van der Waals surface area contributed by atoms with E-state index >= 15 is 0 Å². The Labute approximate surface area is 148 Å². The number of carbonyl (C=O) groups excluding carboxylic acids is 1. The van der Waals surface area contributed by atoms with Gasteiger partial charge in [0.25, 0.3) is 0 Å². The quantitative estimate of drug-likeness (QED) is 0.689. The molecule has 1 aliphatic heterocycles. The average Bonchev–Trinajstić information content (AvgIpc) is 3.16. The fourth-order valence-electron chi connectivity index (χ4n) is 2.95. The molecule has 25 heavy (non-hydrogen) atoms. The van der Waals surface area contributed by atoms with Crippen LogP contribution in [0.4, 0.5) is 0 Å². The maximum atomic E-state index is 12.3. The molecule has 6 nitrogen and oxygen atoms in total. The molecule has 1 amide bonds. The number of carbonyl (C=O) groups is 1. The van der Waals surface area contributed by atoms with Crippen LogP contribution >= 0.6 is 0 Å². The van der Waals surface area contributed by atoms with Crippen LogP contribution in [-0.2, 0) is 22.7 Å². The van der Waals surface area contributed by atoms with Gasteiger partial charge in [-0.15, -0.1) is 0 Å². The van der Waals surface area contributed by atoms with Gasteiger partial charge in [0.15, 0.2) is 0 Å². The molecule has 0 bridgehead atoms. The summed E-state index contributed by atoms with van der Waals surface area (Å²) in [6.07, 6.45) is 2.91. The van der Waals surface area contributed by atoms with E-state index in [0.29, 0.717) is 19.6 Å². The van der Waals surface area contributed by atoms with Crippen molar-refractivity contribution in [3.05, 3.63) is 53.9 Å². The summed E-state index contributed by atoms with van der Waals surface area (Å²) >= 11 is 0. The smallest absolute Gasteiger partial charge is 0.222 e. The van der Waals surface area contributed by atoms with Gasteiger partial charge < -0.3 is 14.2 Å². The zero-order valence-corrected chi connectivity index (χ0v) is 14.5. The van der Waals surface area contributed by atoms with E-state index in [2.05, 4.69) is 10.1 Å². The molecule has 0 spiro atoms. The Morgan fingerprint density at radius 1 is 1.12 bits per heavy atom. The molecule has 0 N–H and O–H groups in total. The lowest BCUT2D eigenvalue weighted by Gasteiger charge is -2.34. The number of hydrogen-bond acceptors (Lipinski definition) is 5. The summed E-state index contributed by atoms with van der Waals surface area (Å²) in [6.45, 7) is 5.32. The molecule has 0 radical (unpaired) electrons. The van der Waals surface area contributed by atoms with Crippen LogP contribution in [0.5, 0.6) is 0 Å². The molecular weight excluding hydrogens is 318 g/mol. The van der Waals surface area contributed by atoms with Gasteiger partial charge in [0, 0.05) is 51.8 Å². The van der Waals surface area contributed by atoms with Gasteiger partial charge in [0.05, 0.1) is 12.3 Å². The molecule has 0 saturated carbocycles. The van der Waals surface area contributed by atoms with Crippen molar-refractivity contribution in [1.29, 1.82) is 0 Å². The van der Waals surface area contributed by atoms with Crippen molar-refractivity contribution in [3.8, 4) is 0 Å². The normalized spacial score (nSPS) is 15.4. The van der Waals surface area contributed by atoms with E-state index in [1.54, 1.807) is 6.26 Å². The second-order valence-electron chi connectivity index (χ2n) is 6.29. The fraction of sp³-hybridized carbons (Fsp3) is 0.474. The van der Waals surface area contributed by atoms with Gasteiger partial charge in [0.2, 0.25) is 5.91 Å². The molecule has 1 aromatic carbocycles. The number of rotatable bonds is 8. The molecule has 134 valence electrons. The van der Waals surface area contributed by atoms with Crippen molar-refractivity contribution in [1.82, 2.24) is 15.0 Å². The Balaban J connectivity index is 1.27. The van der Waals surface area contributed by atoms with Crippen LogP contribution in [0.25, 0.3) is 0 Å². The fourth-order valence-corrected chi connectivity index (χ4v) is 2.95. The molecular formula is C19H25N3O3. The Hall–Kier alpha value is -2.18. The van der Waals surface area contributed by atoms with Crippen molar-refractivity contribution >= 4 is 5.91 Å². The van der Waals surface area contributed by atoms with Gasteiger partial charge in [-0.25, -0.2) is 0 Å². The summed E-state index contributed by atoms with van der Waals surface area (Å²) in [5, 5.41) is 3.93. The van der Waals surface area contributed by atoms with Crippen molar-refractivity contribution < 1.29 is 14.1 Å². The minimum Gasteiger partial charge on any atom is -0.377 e. The Morgan fingerprint density at radius 3 is 2.64 bits per heavy atom. The van der Waals surface area contributed by atoms with Crippen LogP contribution in [0.1, 0.15) is 24.1 Å². The molecule has 2 heterocycles. The number of benzene rings is 1. The molecule has 0 aliphatic carbocycles. The molecule has 6 heteroatoms. The van der Waals surface area contributed by atoms with E-state index in [0.717, 1.165) is 50.4 Å². The van der Waals surface area contributed by atoms with Gasteiger partial charge in [-0.3, -0.25) is 9.69 Å². The highest BCUT2D eigenvalue weighted by atomic mass is 16.5. The molecule has 2 aromatic rings. The van der Waals surface area contributed by atoms with Crippen molar-refractivity contribution in [3.63, 3.8) is 0 Å². The summed E-state index contributed by atoms with van der Waals surface area (Å²) in [4.78, 5) is 16.5. The third kappa shape index (κ3) is 5.69. The van der Waals surface area contributed by atoms with E-state index in [1.807, 2.05) is 41.3 Å². The first kappa shape index (κ1) is 17.6. The molecule has 1 saturated heterocycles. The standard InChI is InChI=1S/C19H25N3O3/c23-19(7-4-13-24-16-17-5-2-1-3-6-17)22-11-9-21(10-12-22)15-18-8-14-25-20-18/h1-3,5-6,8,14H,4,7,9-13,15-16H2. The SMILES string of the molecule is O=C(CCCOCc1ccccc1)N1CCN(Cc2ccon2)CC1. The van der Waals surface area contributed by atoms with Gasteiger partial charge in [-0.2, -0.15) is 0 Å². The number of hydrogen-bond donors (Lipinski definition) is 0. The highest BCUT2D eigenvalue weighted by molar-refractivity contribution is 5.76. The summed E-state index contributed by atoms with van der Waals surface area (Å²) in [6, 6.07) is 12.0. The molecule has 3 rings (SSSR count). The maximum Gasteiger partial charge on any atom is 0.222 e. The molecule has 1 aromatic heterocycles. The van der Waals surface area contributed by atoms with E-state index in [9.17, 15) is 4.79 Å². The lowest BCUT2D eigenvalue weighted by molar-refractivity contribution is -0.133. The number of amides is 1. The van der Waals surface area contributed by atoms with Crippen LogP contribution in [0, 0.1) is 0 Å². The van der Waals surface area contributed by atoms with Gasteiger partial charge in [-0.05, 0) is 12.0 Å². The molecule has 1 aliphatic rings. The molecule has 1 fully saturated rings. The van der Waals surface area contributed by atoms with E-state index in [4.69, 9.17) is 9.26 Å². The highest BCUT2D eigenvalue weighted by Crippen LogP contribution is 2.09. The monoisotopic (exact) mass is 343 g/mol. The average molecular weight is 343 g/mol. The van der Waals surface area contributed by atoms with Crippen LogP contribution < -0.4 is 0 Å². The van der Waals surface area contributed by atoms with E-state index in [1.165, 1.54) is 0 Å². The second-order valence-corrected chi connectivity index (χ2v) is 6.29. The zero-order chi connectivity index (χ0) is 17.3. The summed E-state index contributed by atoms with van der Waals surface area (Å²) in [5.74, 6) is 0.226. The topological polar surface area (TPSA) is 58.8 Å². The van der Waals surface area contributed by atoms with Gasteiger partial charge in [0.1, 0.15) is 6.26 Å². The first-order valence-corrected chi connectivity index (χ1v) is 8.82. The highest BCUT2D eigenvalue weighted by Gasteiger charge is 2.21. The predicted molar refractivity (Wildman–Crippen MR) is 93.7 cm³/mol.